The molecule has 4 rings (SSSR count). The number of carbonyl (C=O) groups excluding carboxylic acids is 1. The molecule has 40 heavy (non-hydrogen) atoms. The number of nitrogens with one attached hydrogen (secondary N) is 1. The minimum absolute atomic E-state index is 0.0724. The van der Waals surface area contributed by atoms with Gasteiger partial charge in [0.2, 0.25) is 0 Å². The van der Waals surface area contributed by atoms with Crippen molar-refractivity contribution in [3.63, 3.8) is 0 Å². The molecule has 1 N–H and O–H groups in total. The maximum Gasteiger partial charge on any atom is 0.264 e. The molecule has 0 aliphatic heterocycles. The van der Waals surface area contributed by atoms with E-state index in [9.17, 15) is 13.2 Å². The second-order valence-corrected chi connectivity index (χ2v) is 11.9. The lowest BCUT2D eigenvalue weighted by Crippen LogP contribution is -2.31. The highest BCUT2D eigenvalue weighted by Gasteiger charge is 2.27. The SMILES string of the molecule is CCC(NC(=O)c1ccc(CN(c2cc(Cl)ccc2C)S(=O)(=O)c2ccccc2)cc1)c1ccc(OC)c(C)c1. The van der Waals surface area contributed by atoms with Crippen LogP contribution in [-0.2, 0) is 16.6 Å². The molecule has 0 saturated heterocycles. The largest absolute Gasteiger partial charge is 0.496 e. The van der Waals surface area contributed by atoms with E-state index in [1.165, 1.54) is 4.31 Å². The Morgan fingerprint density at radius 3 is 2.25 bits per heavy atom. The number of rotatable bonds is 10. The van der Waals surface area contributed by atoms with E-state index in [4.69, 9.17) is 16.3 Å². The van der Waals surface area contributed by atoms with E-state index < -0.39 is 10.0 Å². The van der Waals surface area contributed by atoms with Crippen molar-refractivity contribution in [2.24, 2.45) is 0 Å². The Morgan fingerprint density at radius 2 is 1.62 bits per heavy atom. The molecule has 0 spiro atoms. The number of nitrogens with zero attached hydrogens (tertiary/aromatic N) is 1. The van der Waals surface area contributed by atoms with E-state index in [-0.39, 0.29) is 23.4 Å². The molecule has 4 aromatic rings. The maximum absolute atomic E-state index is 13.7. The zero-order valence-corrected chi connectivity index (χ0v) is 24.6. The molecule has 0 aromatic heterocycles. The zero-order chi connectivity index (χ0) is 28.9. The first-order valence-corrected chi connectivity index (χ1v) is 14.8. The van der Waals surface area contributed by atoms with Crippen LogP contribution in [0, 0.1) is 13.8 Å². The molecule has 6 nitrogen and oxygen atoms in total. The highest BCUT2D eigenvalue weighted by Crippen LogP contribution is 2.31. The Morgan fingerprint density at radius 1 is 0.925 bits per heavy atom. The van der Waals surface area contributed by atoms with Gasteiger partial charge in [-0.05, 0) is 85.0 Å². The summed E-state index contributed by atoms with van der Waals surface area (Å²) in [6, 6.07) is 26.2. The van der Waals surface area contributed by atoms with Crippen molar-refractivity contribution in [1.29, 1.82) is 0 Å². The number of ether oxygens (including phenoxy) is 1. The topological polar surface area (TPSA) is 75.7 Å². The number of aryl methyl sites for hydroxylation is 2. The summed E-state index contributed by atoms with van der Waals surface area (Å²) in [7, 11) is -2.25. The number of methoxy groups -OCH3 is 1. The van der Waals surface area contributed by atoms with Crippen molar-refractivity contribution < 1.29 is 17.9 Å². The molecule has 0 radical (unpaired) electrons. The van der Waals surface area contributed by atoms with E-state index >= 15 is 0 Å². The van der Waals surface area contributed by atoms with Gasteiger partial charge < -0.3 is 10.1 Å². The summed E-state index contributed by atoms with van der Waals surface area (Å²) in [5.74, 6) is 0.600. The van der Waals surface area contributed by atoms with Gasteiger partial charge in [0.15, 0.2) is 0 Å². The van der Waals surface area contributed by atoms with E-state index in [1.54, 1.807) is 79.9 Å². The molecule has 1 amide bonds. The highest BCUT2D eigenvalue weighted by molar-refractivity contribution is 7.92. The Hall–Kier alpha value is -3.81. The quantitative estimate of drug-likeness (QED) is 0.216. The molecule has 0 saturated carbocycles. The smallest absolute Gasteiger partial charge is 0.264 e. The molecule has 4 aromatic carbocycles. The first kappa shape index (κ1) is 29.2. The van der Waals surface area contributed by atoms with Gasteiger partial charge in [0.05, 0.1) is 30.3 Å². The summed E-state index contributed by atoms with van der Waals surface area (Å²) in [5.41, 5.74) is 4.50. The van der Waals surface area contributed by atoms with Gasteiger partial charge >= 0.3 is 0 Å². The van der Waals surface area contributed by atoms with Crippen LogP contribution in [0.5, 0.6) is 5.75 Å². The molecular weight excluding hydrogens is 544 g/mol. The maximum atomic E-state index is 13.7. The van der Waals surface area contributed by atoms with Gasteiger partial charge in [-0.25, -0.2) is 8.42 Å². The molecule has 0 aliphatic rings. The van der Waals surface area contributed by atoms with Crippen LogP contribution in [0.3, 0.4) is 0 Å². The van der Waals surface area contributed by atoms with E-state index in [0.717, 1.165) is 34.4 Å². The lowest BCUT2D eigenvalue weighted by atomic mass is 10.0. The van der Waals surface area contributed by atoms with E-state index in [1.807, 2.05) is 39.0 Å². The van der Waals surface area contributed by atoms with Crippen molar-refractivity contribution in [3.05, 3.63) is 124 Å². The minimum atomic E-state index is -3.89. The second-order valence-electron chi connectivity index (χ2n) is 9.62. The number of halogens is 1. The van der Waals surface area contributed by atoms with Crippen LogP contribution in [0.4, 0.5) is 5.69 Å². The summed E-state index contributed by atoms with van der Waals surface area (Å²) < 4.78 is 34.2. The summed E-state index contributed by atoms with van der Waals surface area (Å²) in [5, 5.41) is 3.55. The number of anilines is 1. The van der Waals surface area contributed by atoms with Crippen LogP contribution in [0.25, 0.3) is 0 Å². The first-order chi connectivity index (χ1) is 19.1. The standard InChI is InChI=1S/C32H33ClN2O4S/c1-5-29(26-16-18-31(39-4)23(3)19-26)34-32(36)25-14-12-24(13-15-25)21-35(30-20-27(33)17-11-22(30)2)40(37,38)28-9-7-6-8-10-28/h6-20,29H,5,21H2,1-4H3,(H,34,36). The monoisotopic (exact) mass is 576 g/mol. The predicted octanol–water partition coefficient (Wildman–Crippen LogP) is 7.24. The van der Waals surface area contributed by atoms with Crippen LogP contribution < -0.4 is 14.4 Å². The van der Waals surface area contributed by atoms with Gasteiger partial charge in [-0.3, -0.25) is 9.10 Å². The second kappa shape index (κ2) is 12.6. The number of benzene rings is 4. The fraction of sp³-hybridized carbons (Fsp3) is 0.219. The van der Waals surface area contributed by atoms with Gasteiger partial charge in [-0.1, -0.05) is 67.1 Å². The van der Waals surface area contributed by atoms with Crippen LogP contribution in [-0.4, -0.2) is 21.4 Å². The molecular formula is C32H33ClN2O4S. The first-order valence-electron chi connectivity index (χ1n) is 13.0. The third kappa shape index (κ3) is 6.49. The van der Waals surface area contributed by atoms with E-state index in [0.29, 0.717) is 16.3 Å². The third-order valence-corrected chi connectivity index (χ3v) is 8.86. The number of hydrogen-bond acceptors (Lipinski definition) is 4. The number of carbonyl (C=O) groups is 1. The number of hydrogen-bond donors (Lipinski definition) is 1. The molecule has 1 unspecified atom stereocenters. The van der Waals surface area contributed by atoms with Gasteiger partial charge in [0.25, 0.3) is 15.9 Å². The van der Waals surface area contributed by atoms with Crippen molar-refractivity contribution in [2.75, 3.05) is 11.4 Å². The van der Waals surface area contributed by atoms with Gasteiger partial charge in [-0.15, -0.1) is 0 Å². The average molecular weight is 577 g/mol. The third-order valence-electron chi connectivity index (χ3n) is 6.85. The van der Waals surface area contributed by atoms with Crippen molar-refractivity contribution in [1.82, 2.24) is 5.32 Å². The van der Waals surface area contributed by atoms with Gasteiger partial charge in [0.1, 0.15) is 5.75 Å². The number of sulfonamides is 1. The van der Waals surface area contributed by atoms with Crippen LogP contribution in [0.1, 0.15) is 52.0 Å². The summed E-state index contributed by atoms with van der Waals surface area (Å²) >= 11 is 6.26. The Balaban J connectivity index is 1.58. The minimum Gasteiger partial charge on any atom is -0.496 e. The molecule has 1 atom stereocenters. The Kier molecular flexibility index (Phi) is 9.17. The zero-order valence-electron chi connectivity index (χ0n) is 23.0. The summed E-state index contributed by atoms with van der Waals surface area (Å²) in [6.45, 7) is 5.92. The predicted molar refractivity (Wildman–Crippen MR) is 161 cm³/mol. The molecule has 208 valence electrons. The summed E-state index contributed by atoms with van der Waals surface area (Å²) in [4.78, 5) is 13.3. The van der Waals surface area contributed by atoms with Crippen LogP contribution >= 0.6 is 11.6 Å². The normalized spacial score (nSPS) is 12.0. The molecule has 0 aliphatic carbocycles. The van der Waals surface area contributed by atoms with Gasteiger partial charge in [0, 0.05) is 10.6 Å². The number of amides is 1. The van der Waals surface area contributed by atoms with Crippen molar-refractivity contribution in [2.45, 2.75) is 44.7 Å². The lowest BCUT2D eigenvalue weighted by molar-refractivity contribution is 0.0935. The fourth-order valence-electron chi connectivity index (χ4n) is 4.58. The van der Waals surface area contributed by atoms with Crippen molar-refractivity contribution in [3.8, 4) is 5.75 Å². The van der Waals surface area contributed by atoms with Crippen LogP contribution in [0.15, 0.2) is 95.9 Å². The molecule has 8 heteroatoms. The molecule has 0 heterocycles. The average Bonchev–Trinajstić information content (AvgIpc) is 2.96. The fourth-order valence-corrected chi connectivity index (χ4v) is 6.28. The van der Waals surface area contributed by atoms with Crippen LogP contribution in [0.2, 0.25) is 5.02 Å². The Labute approximate surface area is 241 Å². The van der Waals surface area contributed by atoms with Gasteiger partial charge in [-0.2, -0.15) is 0 Å². The highest BCUT2D eigenvalue weighted by atomic mass is 35.5. The lowest BCUT2D eigenvalue weighted by Gasteiger charge is -2.26. The van der Waals surface area contributed by atoms with E-state index in [2.05, 4.69) is 5.32 Å². The Bertz CT molecular complexity index is 1590. The summed E-state index contributed by atoms with van der Waals surface area (Å²) in [6.07, 6.45) is 0.723. The molecule has 0 bridgehead atoms. The molecule has 0 fully saturated rings. The van der Waals surface area contributed by atoms with Crippen molar-refractivity contribution >= 4 is 33.2 Å².